The topological polar surface area (TPSA) is 66.0 Å². The minimum atomic E-state index is 0.211. The summed E-state index contributed by atoms with van der Waals surface area (Å²) in [4.78, 5) is 18.0. The van der Waals surface area contributed by atoms with Crippen LogP contribution in [0.4, 0.5) is 5.69 Å². The van der Waals surface area contributed by atoms with Gasteiger partial charge in [-0.25, -0.2) is 0 Å². The largest absolute Gasteiger partial charge is 0.494 e. The average molecular weight is 395 g/mol. The Morgan fingerprint density at radius 1 is 1.14 bits per heavy atom. The van der Waals surface area contributed by atoms with Crippen molar-refractivity contribution < 1.29 is 9.53 Å². The summed E-state index contributed by atoms with van der Waals surface area (Å²) in [5.74, 6) is 1.84. The standard InChI is InChI=1S/C23H30N4O2/c1-4-29-21-14-17(2)7-10-19(21)16-26-23(24-3)25-15-18-8-11-20(12-9-18)27-13-5-6-22(27)28/h7-12,14H,4-6,13,15-16H2,1-3H3,(H2,24,25,26). The Bertz CT molecular complexity index is 862. The van der Waals surface area contributed by atoms with Gasteiger partial charge in [-0.15, -0.1) is 0 Å². The van der Waals surface area contributed by atoms with E-state index in [4.69, 9.17) is 4.74 Å². The minimum Gasteiger partial charge on any atom is -0.494 e. The molecule has 0 atom stereocenters. The van der Waals surface area contributed by atoms with Gasteiger partial charge in [-0.1, -0.05) is 24.3 Å². The molecule has 1 aliphatic rings. The lowest BCUT2D eigenvalue weighted by Gasteiger charge is -2.17. The average Bonchev–Trinajstić information content (AvgIpc) is 3.16. The zero-order valence-corrected chi connectivity index (χ0v) is 17.5. The molecule has 1 saturated heterocycles. The van der Waals surface area contributed by atoms with Crippen molar-refractivity contribution >= 4 is 17.6 Å². The van der Waals surface area contributed by atoms with Gasteiger partial charge in [0.1, 0.15) is 5.75 Å². The van der Waals surface area contributed by atoms with Crippen LogP contribution in [-0.2, 0) is 17.9 Å². The van der Waals surface area contributed by atoms with Crippen LogP contribution >= 0.6 is 0 Å². The summed E-state index contributed by atoms with van der Waals surface area (Å²) in [6.07, 6.45) is 1.59. The van der Waals surface area contributed by atoms with E-state index in [1.165, 1.54) is 5.56 Å². The molecule has 0 unspecified atom stereocenters. The fraction of sp³-hybridized carbons (Fsp3) is 0.391. The third kappa shape index (κ3) is 5.50. The van der Waals surface area contributed by atoms with Crippen LogP contribution in [0.2, 0.25) is 0 Å². The van der Waals surface area contributed by atoms with Gasteiger partial charge in [-0.05, 0) is 49.6 Å². The van der Waals surface area contributed by atoms with Crippen molar-refractivity contribution in [3.63, 3.8) is 0 Å². The molecule has 0 radical (unpaired) electrons. The summed E-state index contributed by atoms with van der Waals surface area (Å²) in [5.41, 5.74) is 4.38. The SMILES string of the molecule is CCOc1cc(C)ccc1CNC(=NC)NCc1ccc(N2CCCC2=O)cc1. The molecule has 0 spiro atoms. The number of aryl methyl sites for hydroxylation is 1. The van der Waals surface area contributed by atoms with Crippen LogP contribution in [0.15, 0.2) is 47.5 Å². The lowest BCUT2D eigenvalue weighted by molar-refractivity contribution is -0.117. The summed E-state index contributed by atoms with van der Waals surface area (Å²) in [5, 5.41) is 6.68. The second-order valence-corrected chi connectivity index (χ2v) is 7.14. The lowest BCUT2D eigenvalue weighted by Crippen LogP contribution is -2.36. The number of aliphatic imine (C=N–C) groups is 1. The molecule has 3 rings (SSSR count). The highest BCUT2D eigenvalue weighted by Crippen LogP contribution is 2.22. The van der Waals surface area contributed by atoms with Crippen molar-refractivity contribution in [1.29, 1.82) is 0 Å². The monoisotopic (exact) mass is 394 g/mol. The van der Waals surface area contributed by atoms with E-state index in [0.29, 0.717) is 26.1 Å². The first-order valence-electron chi connectivity index (χ1n) is 10.2. The summed E-state index contributed by atoms with van der Waals surface area (Å²) in [6.45, 7) is 6.79. The molecule has 1 fully saturated rings. The highest BCUT2D eigenvalue weighted by Gasteiger charge is 2.21. The van der Waals surface area contributed by atoms with E-state index in [1.807, 2.05) is 36.1 Å². The van der Waals surface area contributed by atoms with Crippen LogP contribution in [0.25, 0.3) is 0 Å². The van der Waals surface area contributed by atoms with Crippen LogP contribution in [0.1, 0.15) is 36.5 Å². The van der Waals surface area contributed by atoms with E-state index in [0.717, 1.165) is 41.5 Å². The zero-order chi connectivity index (χ0) is 20.6. The number of guanidine groups is 1. The van der Waals surface area contributed by atoms with Crippen molar-refractivity contribution in [2.75, 3.05) is 25.1 Å². The summed E-state index contributed by atoms with van der Waals surface area (Å²) < 4.78 is 5.75. The van der Waals surface area contributed by atoms with Crippen molar-refractivity contribution in [3.8, 4) is 5.75 Å². The number of hydrogen-bond donors (Lipinski definition) is 2. The summed E-state index contributed by atoms with van der Waals surface area (Å²) >= 11 is 0. The van der Waals surface area contributed by atoms with E-state index in [1.54, 1.807) is 7.05 Å². The summed E-state index contributed by atoms with van der Waals surface area (Å²) in [7, 11) is 1.76. The molecule has 29 heavy (non-hydrogen) atoms. The number of amides is 1. The number of nitrogens with zero attached hydrogens (tertiary/aromatic N) is 2. The van der Waals surface area contributed by atoms with Gasteiger partial charge in [0, 0.05) is 44.4 Å². The fourth-order valence-electron chi connectivity index (χ4n) is 3.40. The van der Waals surface area contributed by atoms with Gasteiger partial charge >= 0.3 is 0 Å². The predicted octanol–water partition coefficient (Wildman–Crippen LogP) is 3.39. The number of rotatable bonds is 7. The Morgan fingerprint density at radius 3 is 2.55 bits per heavy atom. The first-order chi connectivity index (χ1) is 14.1. The van der Waals surface area contributed by atoms with Crippen LogP contribution in [-0.4, -0.2) is 32.1 Å². The zero-order valence-electron chi connectivity index (χ0n) is 17.5. The molecule has 6 heteroatoms. The first-order valence-corrected chi connectivity index (χ1v) is 10.2. The molecule has 6 nitrogen and oxygen atoms in total. The molecule has 2 N–H and O–H groups in total. The minimum absolute atomic E-state index is 0.211. The van der Waals surface area contributed by atoms with Gasteiger partial charge in [0.2, 0.25) is 5.91 Å². The van der Waals surface area contributed by atoms with Crippen LogP contribution in [0.5, 0.6) is 5.75 Å². The molecule has 1 heterocycles. The maximum atomic E-state index is 11.9. The molecule has 1 amide bonds. The molecule has 0 saturated carbocycles. The van der Waals surface area contributed by atoms with Gasteiger partial charge in [0.15, 0.2) is 5.96 Å². The van der Waals surface area contributed by atoms with Crippen molar-refractivity contribution in [2.24, 2.45) is 4.99 Å². The highest BCUT2D eigenvalue weighted by molar-refractivity contribution is 5.95. The number of carbonyl (C=O) groups is 1. The van der Waals surface area contributed by atoms with Crippen molar-refractivity contribution in [3.05, 3.63) is 59.2 Å². The molecular formula is C23H30N4O2. The smallest absolute Gasteiger partial charge is 0.227 e. The van der Waals surface area contributed by atoms with Crippen molar-refractivity contribution in [2.45, 2.75) is 39.8 Å². The number of benzene rings is 2. The Hall–Kier alpha value is -3.02. The number of anilines is 1. The highest BCUT2D eigenvalue weighted by atomic mass is 16.5. The fourth-order valence-corrected chi connectivity index (χ4v) is 3.40. The quantitative estimate of drug-likeness (QED) is 0.558. The van der Waals surface area contributed by atoms with E-state index in [-0.39, 0.29) is 5.91 Å². The molecule has 0 aromatic heterocycles. The van der Waals surface area contributed by atoms with Crippen LogP contribution in [0, 0.1) is 6.92 Å². The van der Waals surface area contributed by atoms with Crippen LogP contribution < -0.4 is 20.3 Å². The Kier molecular flexibility index (Phi) is 7.11. The number of carbonyl (C=O) groups excluding carboxylic acids is 1. The maximum absolute atomic E-state index is 11.9. The van der Waals surface area contributed by atoms with Crippen LogP contribution in [0.3, 0.4) is 0 Å². The van der Waals surface area contributed by atoms with Gasteiger partial charge in [0.05, 0.1) is 6.61 Å². The molecule has 1 aliphatic heterocycles. The van der Waals surface area contributed by atoms with Crippen molar-refractivity contribution in [1.82, 2.24) is 10.6 Å². The van der Waals surface area contributed by atoms with Gasteiger partial charge in [0.25, 0.3) is 0 Å². The first kappa shape index (κ1) is 20.7. The second-order valence-electron chi connectivity index (χ2n) is 7.14. The Morgan fingerprint density at radius 2 is 1.90 bits per heavy atom. The second kappa shape index (κ2) is 9.96. The molecule has 0 aliphatic carbocycles. The number of ether oxygens (including phenoxy) is 1. The van der Waals surface area contributed by atoms with E-state index in [2.05, 4.69) is 40.7 Å². The van der Waals surface area contributed by atoms with E-state index < -0.39 is 0 Å². The molecule has 2 aromatic carbocycles. The molecule has 154 valence electrons. The number of nitrogens with one attached hydrogen (secondary N) is 2. The van der Waals surface area contributed by atoms with Gasteiger partial charge in [-0.2, -0.15) is 0 Å². The molecular weight excluding hydrogens is 364 g/mol. The Balaban J connectivity index is 1.54. The van der Waals surface area contributed by atoms with E-state index >= 15 is 0 Å². The third-order valence-electron chi connectivity index (χ3n) is 4.97. The van der Waals surface area contributed by atoms with Gasteiger partial charge in [-0.3, -0.25) is 9.79 Å². The lowest BCUT2D eigenvalue weighted by atomic mass is 10.1. The molecule has 2 aromatic rings. The maximum Gasteiger partial charge on any atom is 0.227 e. The normalized spacial score (nSPS) is 14.2. The predicted molar refractivity (Wildman–Crippen MR) is 117 cm³/mol. The third-order valence-corrected chi connectivity index (χ3v) is 4.97. The summed E-state index contributed by atoms with van der Waals surface area (Å²) in [6, 6.07) is 14.3. The number of hydrogen-bond acceptors (Lipinski definition) is 3. The Labute approximate surface area is 173 Å². The van der Waals surface area contributed by atoms with E-state index in [9.17, 15) is 4.79 Å². The van der Waals surface area contributed by atoms with Gasteiger partial charge < -0.3 is 20.3 Å². The molecule has 0 bridgehead atoms.